The molecule has 1 nitrogen and oxygen atoms in total. The lowest BCUT2D eigenvalue weighted by Crippen LogP contribution is -2.42. The lowest BCUT2D eigenvalue weighted by atomic mass is 9.64. The summed E-state index contributed by atoms with van der Waals surface area (Å²) in [6, 6.07) is 9.33. The van der Waals surface area contributed by atoms with E-state index in [1.54, 1.807) is 0 Å². The molecule has 16 heavy (non-hydrogen) atoms. The third-order valence-corrected chi connectivity index (χ3v) is 3.93. The molecule has 0 saturated heterocycles. The Bertz CT molecular complexity index is 322. The Morgan fingerprint density at radius 1 is 1.19 bits per heavy atom. The SMILES string of the molecule is CCCc1ccc(C2(CNC)CCC2)cc1. The van der Waals surface area contributed by atoms with Gasteiger partial charge in [0.05, 0.1) is 0 Å². The van der Waals surface area contributed by atoms with Crippen LogP contribution in [0.5, 0.6) is 0 Å². The number of hydrogen-bond donors (Lipinski definition) is 1. The van der Waals surface area contributed by atoms with Gasteiger partial charge in [-0.1, -0.05) is 44.0 Å². The van der Waals surface area contributed by atoms with Gasteiger partial charge in [0.2, 0.25) is 0 Å². The standard InChI is InChI=1S/C15H23N/c1-3-5-13-6-8-14(9-7-13)15(12-16-2)10-4-11-15/h6-9,16H,3-5,10-12H2,1-2H3. The minimum absolute atomic E-state index is 0.444. The van der Waals surface area contributed by atoms with Gasteiger partial charge in [0, 0.05) is 12.0 Å². The third-order valence-electron chi connectivity index (χ3n) is 3.93. The van der Waals surface area contributed by atoms with Crippen LogP contribution in [0.2, 0.25) is 0 Å². The summed E-state index contributed by atoms with van der Waals surface area (Å²) < 4.78 is 0. The van der Waals surface area contributed by atoms with Crippen LogP contribution >= 0.6 is 0 Å². The fourth-order valence-electron chi connectivity index (χ4n) is 2.82. The molecule has 88 valence electrons. The molecule has 1 N–H and O–H groups in total. The van der Waals surface area contributed by atoms with Crippen molar-refractivity contribution in [1.29, 1.82) is 0 Å². The second-order valence-corrected chi connectivity index (χ2v) is 5.11. The third kappa shape index (κ3) is 2.15. The molecule has 1 heteroatoms. The predicted molar refractivity (Wildman–Crippen MR) is 69.9 cm³/mol. The fourth-order valence-corrected chi connectivity index (χ4v) is 2.82. The highest BCUT2D eigenvalue weighted by molar-refractivity contribution is 5.31. The number of nitrogens with one attached hydrogen (secondary N) is 1. The molecular weight excluding hydrogens is 194 g/mol. The van der Waals surface area contributed by atoms with Crippen molar-refractivity contribution in [3.8, 4) is 0 Å². The highest BCUT2D eigenvalue weighted by Gasteiger charge is 2.37. The average Bonchev–Trinajstić information content (AvgIpc) is 2.25. The van der Waals surface area contributed by atoms with Gasteiger partial charge in [0.15, 0.2) is 0 Å². The topological polar surface area (TPSA) is 12.0 Å². The maximum atomic E-state index is 3.35. The van der Waals surface area contributed by atoms with Gasteiger partial charge in [-0.25, -0.2) is 0 Å². The molecular formula is C15H23N. The maximum Gasteiger partial charge on any atom is 0.00776 e. The molecule has 2 rings (SSSR count). The molecule has 0 amide bonds. The van der Waals surface area contributed by atoms with E-state index in [1.807, 2.05) is 0 Å². The quantitative estimate of drug-likeness (QED) is 0.798. The summed E-state index contributed by atoms with van der Waals surface area (Å²) in [5.41, 5.74) is 3.46. The van der Waals surface area contributed by atoms with Crippen LogP contribution in [0, 0.1) is 0 Å². The van der Waals surface area contributed by atoms with Gasteiger partial charge < -0.3 is 5.32 Å². The molecule has 1 aliphatic carbocycles. The van der Waals surface area contributed by atoms with E-state index in [-0.39, 0.29) is 0 Å². The molecule has 0 spiro atoms. The average molecular weight is 217 g/mol. The Hall–Kier alpha value is -0.820. The van der Waals surface area contributed by atoms with Crippen LogP contribution < -0.4 is 5.32 Å². The molecule has 0 atom stereocenters. The minimum atomic E-state index is 0.444. The molecule has 0 radical (unpaired) electrons. The van der Waals surface area contributed by atoms with Crippen LogP contribution in [0.3, 0.4) is 0 Å². The maximum absolute atomic E-state index is 3.35. The zero-order valence-electron chi connectivity index (χ0n) is 10.6. The fraction of sp³-hybridized carbons (Fsp3) is 0.600. The normalized spacial score (nSPS) is 18.1. The van der Waals surface area contributed by atoms with Crippen molar-refractivity contribution < 1.29 is 0 Å². The van der Waals surface area contributed by atoms with Gasteiger partial charge in [-0.2, -0.15) is 0 Å². The minimum Gasteiger partial charge on any atom is -0.319 e. The lowest BCUT2D eigenvalue weighted by Gasteiger charge is -2.42. The summed E-state index contributed by atoms with van der Waals surface area (Å²) in [6.07, 6.45) is 6.53. The van der Waals surface area contributed by atoms with Crippen LogP contribution in [0.4, 0.5) is 0 Å². The van der Waals surface area contributed by atoms with Crippen LogP contribution in [0.25, 0.3) is 0 Å². The van der Waals surface area contributed by atoms with Crippen molar-refractivity contribution in [1.82, 2.24) is 5.32 Å². The Kier molecular flexibility index (Phi) is 3.65. The van der Waals surface area contributed by atoms with Gasteiger partial charge >= 0.3 is 0 Å². The van der Waals surface area contributed by atoms with E-state index in [0.717, 1.165) is 6.54 Å². The van der Waals surface area contributed by atoms with Crippen molar-refractivity contribution >= 4 is 0 Å². The molecule has 0 bridgehead atoms. The van der Waals surface area contributed by atoms with E-state index in [1.165, 1.54) is 43.2 Å². The highest BCUT2D eigenvalue weighted by Crippen LogP contribution is 2.43. The van der Waals surface area contributed by atoms with Crippen LogP contribution in [-0.2, 0) is 11.8 Å². The molecule has 0 heterocycles. The largest absolute Gasteiger partial charge is 0.319 e. The summed E-state index contributed by atoms with van der Waals surface area (Å²) in [4.78, 5) is 0. The van der Waals surface area contributed by atoms with Crippen molar-refractivity contribution in [2.45, 2.75) is 44.4 Å². The monoisotopic (exact) mass is 217 g/mol. The Balaban J connectivity index is 2.13. The molecule has 1 aliphatic rings. The van der Waals surface area contributed by atoms with Gasteiger partial charge in [-0.05, 0) is 37.4 Å². The van der Waals surface area contributed by atoms with Gasteiger partial charge in [0.1, 0.15) is 0 Å². The Morgan fingerprint density at radius 3 is 2.31 bits per heavy atom. The second-order valence-electron chi connectivity index (χ2n) is 5.11. The van der Waals surface area contributed by atoms with Crippen molar-refractivity contribution in [3.63, 3.8) is 0 Å². The van der Waals surface area contributed by atoms with Crippen molar-refractivity contribution in [2.75, 3.05) is 13.6 Å². The summed E-state index contributed by atoms with van der Waals surface area (Å²) in [5.74, 6) is 0. The first-order chi connectivity index (χ1) is 7.80. The molecule has 1 aromatic carbocycles. The first-order valence-corrected chi connectivity index (χ1v) is 6.55. The van der Waals surface area contributed by atoms with E-state index in [4.69, 9.17) is 0 Å². The number of likely N-dealkylation sites (N-methyl/N-ethyl adjacent to an activating group) is 1. The van der Waals surface area contributed by atoms with E-state index >= 15 is 0 Å². The summed E-state index contributed by atoms with van der Waals surface area (Å²) in [7, 11) is 2.06. The summed E-state index contributed by atoms with van der Waals surface area (Å²) >= 11 is 0. The van der Waals surface area contributed by atoms with Crippen LogP contribution in [-0.4, -0.2) is 13.6 Å². The van der Waals surface area contributed by atoms with E-state index in [2.05, 4.69) is 43.6 Å². The van der Waals surface area contributed by atoms with Crippen molar-refractivity contribution in [3.05, 3.63) is 35.4 Å². The predicted octanol–water partition coefficient (Wildman–Crippen LogP) is 3.28. The second kappa shape index (κ2) is 5.01. The Labute approximate surface area is 99.3 Å². The number of hydrogen-bond acceptors (Lipinski definition) is 1. The van der Waals surface area contributed by atoms with Crippen LogP contribution in [0.1, 0.15) is 43.7 Å². The molecule has 1 saturated carbocycles. The van der Waals surface area contributed by atoms with E-state index in [9.17, 15) is 0 Å². The number of rotatable bonds is 5. The zero-order chi connectivity index (χ0) is 11.4. The number of aryl methyl sites for hydroxylation is 1. The smallest absolute Gasteiger partial charge is 0.00776 e. The number of benzene rings is 1. The van der Waals surface area contributed by atoms with Gasteiger partial charge in [-0.3, -0.25) is 0 Å². The zero-order valence-corrected chi connectivity index (χ0v) is 10.6. The lowest BCUT2D eigenvalue weighted by molar-refractivity contribution is 0.239. The summed E-state index contributed by atoms with van der Waals surface area (Å²) in [6.45, 7) is 3.36. The van der Waals surface area contributed by atoms with Crippen LogP contribution in [0.15, 0.2) is 24.3 Å². The summed E-state index contributed by atoms with van der Waals surface area (Å²) in [5, 5.41) is 3.35. The first-order valence-electron chi connectivity index (χ1n) is 6.55. The highest BCUT2D eigenvalue weighted by atomic mass is 14.8. The van der Waals surface area contributed by atoms with Crippen molar-refractivity contribution in [2.24, 2.45) is 0 Å². The van der Waals surface area contributed by atoms with Gasteiger partial charge in [0.25, 0.3) is 0 Å². The Morgan fingerprint density at radius 2 is 1.88 bits per heavy atom. The molecule has 0 aromatic heterocycles. The van der Waals surface area contributed by atoms with E-state index < -0.39 is 0 Å². The van der Waals surface area contributed by atoms with E-state index in [0.29, 0.717) is 5.41 Å². The molecule has 1 aromatic rings. The molecule has 1 fully saturated rings. The first kappa shape index (κ1) is 11.7. The van der Waals surface area contributed by atoms with Gasteiger partial charge in [-0.15, -0.1) is 0 Å². The molecule has 0 unspecified atom stereocenters. The molecule has 0 aliphatic heterocycles.